The molecular formula is C17H19FN4O4S. The molecule has 0 aliphatic carbocycles. The smallest absolute Gasteiger partial charge is 0.326 e. The predicted molar refractivity (Wildman–Crippen MR) is 102 cm³/mol. The Kier molecular flexibility index (Phi) is 4.83. The van der Waals surface area contributed by atoms with Crippen LogP contribution in [0.2, 0.25) is 0 Å². The van der Waals surface area contributed by atoms with Crippen molar-refractivity contribution < 1.29 is 22.3 Å². The highest BCUT2D eigenvalue weighted by molar-refractivity contribution is 7.94. The van der Waals surface area contributed by atoms with Gasteiger partial charge in [0.15, 0.2) is 0 Å². The summed E-state index contributed by atoms with van der Waals surface area (Å²) < 4.78 is 46.1. The molecule has 10 heteroatoms. The maximum Gasteiger partial charge on any atom is 0.326 e. The van der Waals surface area contributed by atoms with Crippen LogP contribution in [0.3, 0.4) is 0 Å². The maximum atomic E-state index is 14.4. The van der Waals surface area contributed by atoms with Gasteiger partial charge in [0.1, 0.15) is 11.6 Å². The molecule has 0 bridgehead atoms. The van der Waals surface area contributed by atoms with E-state index in [4.69, 9.17) is 4.74 Å². The van der Waals surface area contributed by atoms with Crippen molar-refractivity contribution in [2.45, 2.75) is 6.92 Å². The van der Waals surface area contributed by atoms with E-state index in [2.05, 4.69) is 10.6 Å². The first-order chi connectivity index (χ1) is 12.8. The monoisotopic (exact) mass is 394 g/mol. The fraction of sp³-hybridized carbons (Fsp3) is 0.235. The standard InChI is InChI=1S/C17H19FN4O4S/c1-4-26-16-8-6-5-7-12(16)19-17(23)20-13-10-15-14(9-11(13)18)21(2)27(24,25)22(15)3/h5-10H,4H2,1-3H3,(H2,19,20,23). The number of carbonyl (C=O) groups excluding carboxylic acids is 1. The molecule has 0 saturated carbocycles. The van der Waals surface area contributed by atoms with E-state index in [0.717, 1.165) is 14.7 Å². The number of rotatable bonds is 4. The molecule has 1 aliphatic rings. The van der Waals surface area contributed by atoms with Crippen molar-refractivity contribution in [1.29, 1.82) is 0 Å². The first kappa shape index (κ1) is 18.8. The Bertz CT molecular complexity index is 996. The molecule has 0 fully saturated rings. The van der Waals surface area contributed by atoms with E-state index in [1.807, 2.05) is 6.92 Å². The van der Waals surface area contributed by atoms with Gasteiger partial charge in [-0.15, -0.1) is 0 Å². The summed E-state index contributed by atoms with van der Waals surface area (Å²) in [6, 6.07) is 8.51. The van der Waals surface area contributed by atoms with Gasteiger partial charge in [-0.1, -0.05) is 12.1 Å². The summed E-state index contributed by atoms with van der Waals surface area (Å²) in [5.74, 6) is -0.267. The van der Waals surface area contributed by atoms with Crippen LogP contribution in [0.4, 0.5) is 31.9 Å². The molecule has 0 unspecified atom stereocenters. The SMILES string of the molecule is CCOc1ccccc1NC(=O)Nc1cc2c(cc1F)N(C)S(=O)(=O)N2C. The van der Waals surface area contributed by atoms with Crippen molar-refractivity contribution in [1.82, 2.24) is 0 Å². The predicted octanol–water partition coefficient (Wildman–Crippen LogP) is 3.00. The third-order valence-electron chi connectivity index (χ3n) is 4.12. The number of para-hydroxylation sites is 2. The van der Waals surface area contributed by atoms with Gasteiger partial charge in [0.05, 0.1) is 29.4 Å². The quantitative estimate of drug-likeness (QED) is 0.834. The Morgan fingerprint density at radius 1 is 1.07 bits per heavy atom. The van der Waals surface area contributed by atoms with Gasteiger partial charge in [-0.3, -0.25) is 8.61 Å². The second-order valence-electron chi connectivity index (χ2n) is 5.77. The van der Waals surface area contributed by atoms with Gasteiger partial charge in [0.2, 0.25) is 0 Å². The number of urea groups is 1. The van der Waals surface area contributed by atoms with Crippen LogP contribution in [0.25, 0.3) is 0 Å². The Balaban J connectivity index is 1.84. The molecule has 144 valence electrons. The number of hydrogen-bond donors (Lipinski definition) is 2. The average molecular weight is 394 g/mol. The highest BCUT2D eigenvalue weighted by atomic mass is 32.2. The highest BCUT2D eigenvalue weighted by Crippen LogP contribution is 2.41. The molecule has 3 rings (SSSR count). The van der Waals surface area contributed by atoms with Gasteiger partial charge in [-0.25, -0.2) is 9.18 Å². The number of nitrogens with zero attached hydrogens (tertiary/aromatic N) is 2. The third kappa shape index (κ3) is 3.35. The van der Waals surface area contributed by atoms with E-state index >= 15 is 0 Å². The summed E-state index contributed by atoms with van der Waals surface area (Å²) >= 11 is 0. The third-order valence-corrected chi connectivity index (χ3v) is 5.90. The topological polar surface area (TPSA) is 91.0 Å². The Morgan fingerprint density at radius 2 is 1.67 bits per heavy atom. The molecular weight excluding hydrogens is 375 g/mol. The fourth-order valence-electron chi connectivity index (χ4n) is 2.71. The van der Waals surface area contributed by atoms with E-state index in [-0.39, 0.29) is 17.1 Å². The minimum Gasteiger partial charge on any atom is -0.492 e. The van der Waals surface area contributed by atoms with E-state index in [1.54, 1.807) is 24.3 Å². The maximum absolute atomic E-state index is 14.4. The number of amides is 2. The molecule has 0 atom stereocenters. The minimum absolute atomic E-state index is 0.141. The molecule has 8 nitrogen and oxygen atoms in total. The van der Waals surface area contributed by atoms with Crippen LogP contribution in [0, 0.1) is 5.82 Å². The van der Waals surface area contributed by atoms with Crippen LogP contribution >= 0.6 is 0 Å². The number of halogens is 1. The molecule has 0 saturated heterocycles. The van der Waals surface area contributed by atoms with Crippen molar-refractivity contribution in [2.24, 2.45) is 0 Å². The largest absolute Gasteiger partial charge is 0.492 e. The van der Waals surface area contributed by atoms with E-state index < -0.39 is 22.1 Å². The van der Waals surface area contributed by atoms with E-state index in [1.165, 1.54) is 20.2 Å². The summed E-state index contributed by atoms with van der Waals surface area (Å²) in [4.78, 5) is 12.3. The van der Waals surface area contributed by atoms with Crippen LogP contribution in [0.1, 0.15) is 6.92 Å². The number of benzene rings is 2. The van der Waals surface area contributed by atoms with E-state index in [0.29, 0.717) is 18.0 Å². The van der Waals surface area contributed by atoms with Crippen LogP contribution < -0.4 is 24.0 Å². The van der Waals surface area contributed by atoms with Crippen molar-refractivity contribution in [3.63, 3.8) is 0 Å². The lowest BCUT2D eigenvalue weighted by atomic mass is 10.2. The fourth-order valence-corrected chi connectivity index (χ4v) is 3.87. The number of ether oxygens (including phenoxy) is 1. The zero-order valence-electron chi connectivity index (χ0n) is 15.0. The lowest BCUT2D eigenvalue weighted by molar-refractivity contribution is 0.261. The van der Waals surface area contributed by atoms with Gasteiger partial charge in [0.25, 0.3) is 0 Å². The number of nitrogens with one attached hydrogen (secondary N) is 2. The Hall–Kier alpha value is -3.01. The average Bonchev–Trinajstić information content (AvgIpc) is 2.78. The molecule has 2 aromatic rings. The summed E-state index contributed by atoms with van der Waals surface area (Å²) in [5.41, 5.74) is 0.752. The second-order valence-corrected chi connectivity index (χ2v) is 7.76. The molecule has 0 spiro atoms. The van der Waals surface area contributed by atoms with Crippen LogP contribution in [0.15, 0.2) is 36.4 Å². The number of anilines is 4. The van der Waals surface area contributed by atoms with Gasteiger partial charge >= 0.3 is 16.2 Å². The van der Waals surface area contributed by atoms with Crippen molar-refractivity contribution >= 4 is 39.0 Å². The molecule has 2 aromatic carbocycles. The van der Waals surface area contributed by atoms with E-state index in [9.17, 15) is 17.6 Å². The normalized spacial score (nSPS) is 14.7. The second kappa shape index (κ2) is 6.95. The first-order valence-corrected chi connectivity index (χ1v) is 9.51. The Morgan fingerprint density at radius 3 is 2.33 bits per heavy atom. The molecule has 1 aliphatic heterocycles. The van der Waals surface area contributed by atoms with Crippen molar-refractivity contribution in [2.75, 3.05) is 39.9 Å². The van der Waals surface area contributed by atoms with Crippen molar-refractivity contribution in [3.05, 3.63) is 42.2 Å². The molecule has 0 aromatic heterocycles. The molecule has 2 amide bonds. The lowest BCUT2D eigenvalue weighted by Crippen LogP contribution is -2.32. The number of carbonyl (C=O) groups is 1. The molecule has 1 heterocycles. The first-order valence-electron chi connectivity index (χ1n) is 8.12. The highest BCUT2D eigenvalue weighted by Gasteiger charge is 2.36. The number of hydrogen-bond acceptors (Lipinski definition) is 4. The summed E-state index contributed by atoms with van der Waals surface area (Å²) in [5, 5.41) is 4.99. The van der Waals surface area contributed by atoms with Gasteiger partial charge in [0, 0.05) is 20.2 Å². The lowest BCUT2D eigenvalue weighted by Gasteiger charge is -2.14. The molecule has 2 N–H and O–H groups in total. The zero-order valence-corrected chi connectivity index (χ0v) is 15.8. The van der Waals surface area contributed by atoms with Gasteiger partial charge in [-0.2, -0.15) is 8.42 Å². The summed E-state index contributed by atoms with van der Waals surface area (Å²) in [6.45, 7) is 2.24. The molecule has 0 radical (unpaired) electrons. The Labute approximate surface area is 156 Å². The van der Waals surface area contributed by atoms with Crippen LogP contribution in [-0.4, -0.2) is 35.2 Å². The van der Waals surface area contributed by atoms with Crippen LogP contribution in [0.5, 0.6) is 5.75 Å². The zero-order chi connectivity index (χ0) is 19.8. The summed E-state index contributed by atoms with van der Waals surface area (Å²) in [7, 11) is -1.04. The van der Waals surface area contributed by atoms with Gasteiger partial charge < -0.3 is 15.4 Å². The minimum atomic E-state index is -3.73. The summed E-state index contributed by atoms with van der Waals surface area (Å²) in [6.07, 6.45) is 0. The van der Waals surface area contributed by atoms with Crippen molar-refractivity contribution in [3.8, 4) is 5.75 Å². The van der Waals surface area contributed by atoms with Gasteiger partial charge in [-0.05, 0) is 25.1 Å². The van der Waals surface area contributed by atoms with Crippen LogP contribution in [-0.2, 0) is 10.2 Å². The number of fused-ring (bicyclic) bond motifs is 1. The molecule has 27 heavy (non-hydrogen) atoms.